The van der Waals surface area contributed by atoms with Crippen LogP contribution in [0.4, 0.5) is 6.01 Å². The van der Waals surface area contributed by atoms with Gasteiger partial charge in [-0.15, -0.1) is 5.10 Å². The maximum Gasteiger partial charge on any atom is 0.329 e. The van der Waals surface area contributed by atoms with Gasteiger partial charge in [-0.1, -0.05) is 24.2 Å². The van der Waals surface area contributed by atoms with Crippen molar-refractivity contribution >= 4 is 16.0 Å². The largest absolute Gasteiger partial charge is 0.408 e. The quantitative estimate of drug-likeness (QED) is 0.845. The summed E-state index contributed by atoms with van der Waals surface area (Å²) in [6.07, 6.45) is 0. The molecule has 0 fully saturated rings. The van der Waals surface area contributed by atoms with Crippen molar-refractivity contribution in [2.24, 2.45) is 0 Å². The van der Waals surface area contributed by atoms with E-state index in [2.05, 4.69) is 20.2 Å². The van der Waals surface area contributed by atoms with Crippen LogP contribution in [0.15, 0.2) is 33.6 Å². The van der Waals surface area contributed by atoms with Crippen LogP contribution in [-0.2, 0) is 10.0 Å². The standard InChI is InChI=1S/C13H18N4O3S/c1-4-14-9(2)11-6-5-7-12(8-11)21(18,19)17-13-16-15-10(3)20-13/h5-9,14H,4H2,1-3H3,(H,16,17). The zero-order valence-corrected chi connectivity index (χ0v) is 12.9. The van der Waals surface area contributed by atoms with Gasteiger partial charge in [0, 0.05) is 13.0 Å². The zero-order chi connectivity index (χ0) is 15.5. The molecule has 0 saturated heterocycles. The van der Waals surface area contributed by atoms with Crippen LogP contribution in [0.2, 0.25) is 0 Å². The van der Waals surface area contributed by atoms with Gasteiger partial charge in [-0.2, -0.15) is 0 Å². The lowest BCUT2D eigenvalue weighted by Gasteiger charge is -2.14. The number of nitrogens with zero attached hydrogens (tertiary/aromatic N) is 2. The van der Waals surface area contributed by atoms with E-state index in [-0.39, 0.29) is 17.0 Å². The number of rotatable bonds is 6. The molecule has 0 aliphatic rings. The maximum atomic E-state index is 12.3. The fourth-order valence-corrected chi connectivity index (χ4v) is 2.87. The lowest BCUT2D eigenvalue weighted by Crippen LogP contribution is -2.19. The molecule has 1 unspecified atom stereocenters. The summed E-state index contributed by atoms with van der Waals surface area (Å²) in [5, 5.41) is 10.4. The molecule has 0 aliphatic heterocycles. The van der Waals surface area contributed by atoms with Gasteiger partial charge in [0.05, 0.1) is 4.90 Å². The van der Waals surface area contributed by atoms with Crippen molar-refractivity contribution in [3.05, 3.63) is 35.7 Å². The fraction of sp³-hybridized carbons (Fsp3) is 0.385. The van der Waals surface area contributed by atoms with Crippen LogP contribution in [0.5, 0.6) is 0 Å². The number of benzene rings is 1. The van der Waals surface area contributed by atoms with E-state index in [9.17, 15) is 8.42 Å². The van der Waals surface area contributed by atoms with E-state index in [0.717, 1.165) is 12.1 Å². The van der Waals surface area contributed by atoms with Gasteiger partial charge in [-0.25, -0.2) is 13.1 Å². The summed E-state index contributed by atoms with van der Waals surface area (Å²) in [4.78, 5) is 0.153. The van der Waals surface area contributed by atoms with Crippen molar-refractivity contribution < 1.29 is 12.8 Å². The van der Waals surface area contributed by atoms with Crippen LogP contribution in [0.25, 0.3) is 0 Å². The molecule has 1 heterocycles. The average Bonchev–Trinajstić information content (AvgIpc) is 2.84. The first-order valence-electron chi connectivity index (χ1n) is 6.58. The molecule has 0 amide bonds. The minimum atomic E-state index is -3.74. The molecule has 2 N–H and O–H groups in total. The van der Waals surface area contributed by atoms with E-state index in [1.807, 2.05) is 19.9 Å². The molecule has 2 aromatic rings. The van der Waals surface area contributed by atoms with Gasteiger partial charge in [0.25, 0.3) is 10.0 Å². The van der Waals surface area contributed by atoms with Crippen LogP contribution in [0, 0.1) is 6.92 Å². The number of aryl methyl sites for hydroxylation is 1. The summed E-state index contributed by atoms with van der Waals surface area (Å²) in [6.45, 7) is 6.36. The second kappa shape index (κ2) is 6.23. The summed E-state index contributed by atoms with van der Waals surface area (Å²) in [5.74, 6) is 0.294. The minimum Gasteiger partial charge on any atom is -0.408 e. The Morgan fingerprint density at radius 1 is 1.33 bits per heavy atom. The second-order valence-corrected chi connectivity index (χ2v) is 6.27. The van der Waals surface area contributed by atoms with Crippen molar-refractivity contribution in [2.45, 2.75) is 31.7 Å². The van der Waals surface area contributed by atoms with E-state index in [4.69, 9.17) is 4.42 Å². The first-order valence-corrected chi connectivity index (χ1v) is 8.07. The SMILES string of the molecule is CCNC(C)c1cccc(S(=O)(=O)Nc2nnc(C)o2)c1. The highest BCUT2D eigenvalue weighted by Gasteiger charge is 2.18. The lowest BCUT2D eigenvalue weighted by molar-refractivity contribution is 0.534. The average molecular weight is 310 g/mol. The fourth-order valence-electron chi connectivity index (χ4n) is 1.89. The Balaban J connectivity index is 2.25. The molecule has 0 aliphatic carbocycles. The molecular weight excluding hydrogens is 292 g/mol. The van der Waals surface area contributed by atoms with Crippen LogP contribution in [-0.4, -0.2) is 25.2 Å². The van der Waals surface area contributed by atoms with E-state index >= 15 is 0 Å². The molecule has 2 rings (SSSR count). The van der Waals surface area contributed by atoms with Gasteiger partial charge in [0.15, 0.2) is 0 Å². The molecule has 7 nitrogen and oxygen atoms in total. The number of anilines is 1. The summed E-state index contributed by atoms with van der Waals surface area (Å²) < 4.78 is 31.9. The summed E-state index contributed by atoms with van der Waals surface area (Å²) in [7, 11) is -3.74. The molecule has 0 radical (unpaired) electrons. The topological polar surface area (TPSA) is 97.1 Å². The van der Waals surface area contributed by atoms with Gasteiger partial charge >= 0.3 is 6.01 Å². The van der Waals surface area contributed by atoms with Crippen LogP contribution in [0.3, 0.4) is 0 Å². The predicted octanol–water partition coefficient (Wildman–Crippen LogP) is 1.85. The van der Waals surface area contributed by atoms with Crippen LogP contribution >= 0.6 is 0 Å². The third-order valence-corrected chi connectivity index (χ3v) is 4.24. The third kappa shape index (κ3) is 3.79. The Hall–Kier alpha value is -1.93. The van der Waals surface area contributed by atoms with Gasteiger partial charge in [-0.3, -0.25) is 0 Å². The first-order chi connectivity index (χ1) is 9.92. The van der Waals surface area contributed by atoms with Crippen LogP contribution < -0.4 is 10.0 Å². The molecule has 0 saturated carbocycles. The normalized spacial score (nSPS) is 13.1. The van der Waals surface area contributed by atoms with E-state index in [0.29, 0.717) is 5.89 Å². The zero-order valence-electron chi connectivity index (χ0n) is 12.1. The van der Waals surface area contributed by atoms with Gasteiger partial charge < -0.3 is 9.73 Å². The number of aromatic nitrogens is 2. The van der Waals surface area contributed by atoms with Crippen LogP contribution in [0.1, 0.15) is 31.3 Å². The first kappa shape index (κ1) is 15.5. The number of hydrogen-bond acceptors (Lipinski definition) is 6. The molecule has 1 atom stereocenters. The summed E-state index contributed by atoms with van der Waals surface area (Å²) >= 11 is 0. The van der Waals surface area contributed by atoms with E-state index < -0.39 is 10.0 Å². The van der Waals surface area contributed by atoms with E-state index in [1.165, 1.54) is 6.07 Å². The predicted molar refractivity (Wildman–Crippen MR) is 78.4 cm³/mol. The van der Waals surface area contributed by atoms with Crippen molar-refractivity contribution in [3.8, 4) is 0 Å². The molecule has 1 aromatic heterocycles. The van der Waals surface area contributed by atoms with Crippen molar-refractivity contribution in [2.75, 3.05) is 11.3 Å². The molecule has 1 aromatic carbocycles. The molecule has 0 bridgehead atoms. The minimum absolute atomic E-state index is 0.0656. The van der Waals surface area contributed by atoms with Crippen molar-refractivity contribution in [1.29, 1.82) is 0 Å². The maximum absolute atomic E-state index is 12.3. The Morgan fingerprint density at radius 3 is 2.71 bits per heavy atom. The summed E-state index contributed by atoms with van der Waals surface area (Å²) in [5.41, 5.74) is 0.890. The molecular formula is C13H18N4O3S. The van der Waals surface area contributed by atoms with Crippen molar-refractivity contribution in [1.82, 2.24) is 15.5 Å². The van der Waals surface area contributed by atoms with Gasteiger partial charge in [0.1, 0.15) is 0 Å². The molecule has 114 valence electrons. The molecule has 21 heavy (non-hydrogen) atoms. The Morgan fingerprint density at radius 2 is 2.10 bits per heavy atom. The second-order valence-electron chi connectivity index (χ2n) is 4.58. The lowest BCUT2D eigenvalue weighted by atomic mass is 10.1. The number of sulfonamides is 1. The molecule has 8 heteroatoms. The van der Waals surface area contributed by atoms with Gasteiger partial charge in [-0.05, 0) is 31.2 Å². The highest BCUT2D eigenvalue weighted by molar-refractivity contribution is 7.92. The third-order valence-electron chi connectivity index (χ3n) is 2.93. The van der Waals surface area contributed by atoms with Crippen molar-refractivity contribution in [3.63, 3.8) is 0 Å². The smallest absolute Gasteiger partial charge is 0.329 e. The van der Waals surface area contributed by atoms with E-state index in [1.54, 1.807) is 19.1 Å². The highest BCUT2D eigenvalue weighted by Crippen LogP contribution is 2.19. The molecule has 0 spiro atoms. The number of nitrogens with one attached hydrogen (secondary N) is 2. The Bertz CT molecular complexity index is 712. The summed E-state index contributed by atoms with van der Waals surface area (Å²) in [6, 6.07) is 6.65. The van der Waals surface area contributed by atoms with Gasteiger partial charge in [0.2, 0.25) is 5.89 Å². The Kier molecular flexibility index (Phi) is 4.59. The number of hydrogen-bond donors (Lipinski definition) is 2. The highest BCUT2D eigenvalue weighted by atomic mass is 32.2. The monoisotopic (exact) mass is 310 g/mol. The Labute approximate surface area is 123 Å².